The summed E-state index contributed by atoms with van der Waals surface area (Å²) in [4.78, 5) is 38.3. The minimum atomic E-state index is -0.528. The Balaban J connectivity index is 1.50. The summed E-state index contributed by atoms with van der Waals surface area (Å²) in [6.45, 7) is 0.826. The van der Waals surface area contributed by atoms with E-state index in [1.807, 2.05) is 0 Å². The summed E-state index contributed by atoms with van der Waals surface area (Å²) in [5.41, 5.74) is -0.455. The van der Waals surface area contributed by atoms with E-state index in [9.17, 15) is 14.4 Å². The average molecular weight is 383 g/mol. The van der Waals surface area contributed by atoms with Crippen LogP contribution in [0.2, 0.25) is 0 Å². The lowest BCUT2D eigenvalue weighted by molar-refractivity contribution is -0.121. The van der Waals surface area contributed by atoms with Crippen LogP contribution in [0.5, 0.6) is 11.5 Å². The van der Waals surface area contributed by atoms with Crippen LogP contribution in [0.3, 0.4) is 0 Å². The third-order valence-corrected chi connectivity index (χ3v) is 4.22. The smallest absolute Gasteiger partial charge is 0.328 e. The van der Waals surface area contributed by atoms with Crippen LogP contribution in [0.15, 0.2) is 58.1 Å². The topological polar surface area (TPSA) is 102 Å². The number of benzene rings is 2. The highest BCUT2D eigenvalue weighted by Crippen LogP contribution is 2.16. The first-order valence-corrected chi connectivity index (χ1v) is 8.84. The molecule has 2 N–H and O–H groups in total. The van der Waals surface area contributed by atoms with Crippen LogP contribution in [0.1, 0.15) is 6.42 Å². The zero-order valence-corrected chi connectivity index (χ0v) is 15.4. The van der Waals surface area contributed by atoms with Gasteiger partial charge in [0.2, 0.25) is 5.91 Å². The number of amides is 1. The first-order chi connectivity index (χ1) is 13.6. The number of fused-ring (bicyclic) bond motifs is 1. The van der Waals surface area contributed by atoms with Gasteiger partial charge >= 0.3 is 5.69 Å². The molecule has 0 aliphatic carbocycles. The molecule has 0 aliphatic rings. The number of hydrogen-bond donors (Lipinski definition) is 2. The van der Waals surface area contributed by atoms with Gasteiger partial charge in [0.25, 0.3) is 5.56 Å². The Bertz CT molecular complexity index is 1070. The van der Waals surface area contributed by atoms with Gasteiger partial charge in [-0.3, -0.25) is 19.1 Å². The number of carbonyl (C=O) groups is 1. The molecule has 0 unspecified atom stereocenters. The minimum absolute atomic E-state index is 0.110. The number of para-hydroxylation sites is 1. The zero-order valence-electron chi connectivity index (χ0n) is 15.4. The van der Waals surface area contributed by atoms with Gasteiger partial charge < -0.3 is 14.8 Å². The van der Waals surface area contributed by atoms with Crippen molar-refractivity contribution in [2.75, 3.05) is 20.3 Å². The molecular weight excluding hydrogens is 362 g/mol. The summed E-state index contributed by atoms with van der Waals surface area (Å²) in [5, 5.41) is 3.16. The number of aromatic amines is 1. The Hall–Kier alpha value is -3.55. The highest BCUT2D eigenvalue weighted by molar-refractivity contribution is 5.78. The maximum absolute atomic E-state index is 12.1. The number of aryl methyl sites for hydroxylation is 1. The number of methoxy groups -OCH3 is 1. The molecule has 0 saturated carbocycles. The van der Waals surface area contributed by atoms with Crippen LogP contribution >= 0.6 is 0 Å². The molecule has 2 aromatic carbocycles. The second-order valence-corrected chi connectivity index (χ2v) is 6.05. The second-order valence-electron chi connectivity index (χ2n) is 6.05. The molecule has 0 aliphatic heterocycles. The van der Waals surface area contributed by atoms with Crippen molar-refractivity contribution < 1.29 is 14.3 Å². The summed E-state index contributed by atoms with van der Waals surface area (Å²) in [7, 11) is 1.59. The van der Waals surface area contributed by atoms with Crippen molar-refractivity contribution >= 4 is 16.8 Å². The van der Waals surface area contributed by atoms with Gasteiger partial charge in [-0.2, -0.15) is 0 Å². The van der Waals surface area contributed by atoms with Gasteiger partial charge in [0.1, 0.15) is 18.1 Å². The summed E-state index contributed by atoms with van der Waals surface area (Å²) < 4.78 is 12.0. The molecule has 8 nitrogen and oxygen atoms in total. The summed E-state index contributed by atoms with van der Waals surface area (Å²) in [6, 6.07) is 14.0. The quantitative estimate of drug-likeness (QED) is 0.571. The van der Waals surface area contributed by atoms with Gasteiger partial charge in [-0.15, -0.1) is 0 Å². The molecule has 3 aromatic rings. The monoisotopic (exact) mass is 383 g/mol. The number of carbonyl (C=O) groups excluding carboxylic acids is 1. The van der Waals surface area contributed by atoms with Gasteiger partial charge in [-0.1, -0.05) is 12.1 Å². The average Bonchev–Trinajstić information content (AvgIpc) is 2.71. The van der Waals surface area contributed by atoms with Crippen LogP contribution in [0.4, 0.5) is 0 Å². The number of ether oxygens (including phenoxy) is 2. The molecular formula is C20H21N3O5. The highest BCUT2D eigenvalue weighted by Gasteiger charge is 2.09. The van der Waals surface area contributed by atoms with Gasteiger partial charge in [0.05, 0.1) is 24.6 Å². The first-order valence-electron chi connectivity index (χ1n) is 8.84. The second kappa shape index (κ2) is 8.90. The van der Waals surface area contributed by atoms with E-state index in [0.717, 1.165) is 5.75 Å². The highest BCUT2D eigenvalue weighted by atomic mass is 16.5. The van der Waals surface area contributed by atoms with E-state index >= 15 is 0 Å². The standard InChI is InChI=1S/C20H21N3O5/c1-27-14-6-8-15(9-7-14)28-13-11-21-18(24)10-12-23-17-5-3-2-4-16(17)19(25)22-20(23)26/h2-9H,10-13H2,1H3,(H,21,24)(H,22,25,26). The molecule has 0 spiro atoms. The van der Waals surface area contributed by atoms with Crippen LogP contribution in [0.25, 0.3) is 10.9 Å². The van der Waals surface area contributed by atoms with Crippen molar-refractivity contribution in [1.29, 1.82) is 0 Å². The lowest BCUT2D eigenvalue weighted by Crippen LogP contribution is -2.33. The maximum atomic E-state index is 12.1. The number of rotatable bonds is 8. The molecule has 0 fully saturated rings. The lowest BCUT2D eigenvalue weighted by atomic mass is 10.2. The molecule has 0 atom stereocenters. The van der Waals surface area contributed by atoms with Gasteiger partial charge in [0, 0.05) is 13.0 Å². The first kappa shape index (κ1) is 19.2. The molecule has 8 heteroatoms. The third-order valence-electron chi connectivity index (χ3n) is 4.22. The predicted octanol–water partition coefficient (Wildman–Crippen LogP) is 1.28. The van der Waals surface area contributed by atoms with Crippen molar-refractivity contribution in [3.05, 3.63) is 69.4 Å². The van der Waals surface area contributed by atoms with Crippen LogP contribution in [0, 0.1) is 0 Å². The minimum Gasteiger partial charge on any atom is -0.497 e. The molecule has 3 rings (SSSR count). The van der Waals surface area contributed by atoms with Gasteiger partial charge in [-0.05, 0) is 36.4 Å². The van der Waals surface area contributed by atoms with E-state index in [4.69, 9.17) is 9.47 Å². The summed E-state index contributed by atoms with van der Waals surface area (Å²) in [6.07, 6.45) is 0.110. The Morgan fingerprint density at radius 3 is 2.54 bits per heavy atom. The van der Waals surface area contributed by atoms with E-state index in [0.29, 0.717) is 29.8 Å². The summed E-state index contributed by atoms with van der Waals surface area (Å²) >= 11 is 0. The van der Waals surface area contributed by atoms with Crippen LogP contribution in [-0.2, 0) is 11.3 Å². The number of aromatic nitrogens is 2. The molecule has 0 bridgehead atoms. The Morgan fingerprint density at radius 2 is 1.79 bits per heavy atom. The third kappa shape index (κ3) is 4.59. The normalized spacial score (nSPS) is 10.6. The zero-order chi connectivity index (χ0) is 19.9. The fourth-order valence-electron chi connectivity index (χ4n) is 2.80. The van der Waals surface area contributed by atoms with E-state index in [1.54, 1.807) is 55.6 Å². The number of nitrogens with zero attached hydrogens (tertiary/aromatic N) is 1. The molecule has 146 valence electrons. The van der Waals surface area contributed by atoms with Crippen LogP contribution in [-0.4, -0.2) is 35.7 Å². The Labute approximate surface area is 160 Å². The summed E-state index contributed by atoms with van der Waals surface area (Å²) in [5.74, 6) is 1.22. The van der Waals surface area contributed by atoms with E-state index < -0.39 is 11.2 Å². The van der Waals surface area contributed by atoms with Gasteiger partial charge in [-0.25, -0.2) is 4.79 Å². The fourth-order valence-corrected chi connectivity index (χ4v) is 2.80. The van der Waals surface area contributed by atoms with Crippen molar-refractivity contribution in [3.63, 3.8) is 0 Å². The molecule has 0 saturated heterocycles. The lowest BCUT2D eigenvalue weighted by Gasteiger charge is -2.10. The SMILES string of the molecule is COc1ccc(OCCNC(=O)CCn2c(=O)[nH]c(=O)c3ccccc32)cc1. The fraction of sp³-hybridized carbons (Fsp3) is 0.250. The molecule has 1 aromatic heterocycles. The number of hydrogen-bond acceptors (Lipinski definition) is 5. The predicted molar refractivity (Wildman–Crippen MR) is 105 cm³/mol. The maximum Gasteiger partial charge on any atom is 0.328 e. The largest absolute Gasteiger partial charge is 0.497 e. The molecule has 1 amide bonds. The van der Waals surface area contributed by atoms with E-state index in [1.165, 1.54) is 4.57 Å². The molecule has 1 heterocycles. The van der Waals surface area contributed by atoms with Crippen molar-refractivity contribution in [2.24, 2.45) is 0 Å². The van der Waals surface area contributed by atoms with Gasteiger partial charge in [0.15, 0.2) is 0 Å². The molecule has 0 radical (unpaired) electrons. The van der Waals surface area contributed by atoms with Crippen LogP contribution < -0.4 is 26.0 Å². The Morgan fingerprint density at radius 1 is 1.07 bits per heavy atom. The molecule has 28 heavy (non-hydrogen) atoms. The number of H-pyrrole nitrogens is 1. The number of nitrogens with one attached hydrogen (secondary N) is 2. The van der Waals surface area contributed by atoms with E-state index in [-0.39, 0.29) is 18.9 Å². The van der Waals surface area contributed by atoms with Crippen molar-refractivity contribution in [2.45, 2.75) is 13.0 Å². The van der Waals surface area contributed by atoms with Crippen molar-refractivity contribution in [3.8, 4) is 11.5 Å². The van der Waals surface area contributed by atoms with E-state index in [2.05, 4.69) is 10.3 Å². The van der Waals surface area contributed by atoms with Crippen molar-refractivity contribution in [1.82, 2.24) is 14.9 Å². The Kier molecular flexibility index (Phi) is 6.11.